The summed E-state index contributed by atoms with van der Waals surface area (Å²) in [4.78, 5) is 13.0. The molecule has 0 aromatic heterocycles. The fourth-order valence-electron chi connectivity index (χ4n) is 2.86. The van der Waals surface area contributed by atoms with Crippen molar-refractivity contribution in [3.63, 3.8) is 0 Å². The molecule has 1 amide bonds. The highest BCUT2D eigenvalue weighted by atomic mass is 32.2. The maximum atomic E-state index is 13.2. The number of hydrogen-bond acceptors (Lipinski definition) is 5. The third-order valence-electron chi connectivity index (χ3n) is 4.36. The fourth-order valence-corrected chi connectivity index (χ4v) is 4.34. The molecule has 0 bridgehead atoms. The summed E-state index contributed by atoms with van der Waals surface area (Å²) in [6, 6.07) is 23.4. The topological polar surface area (TPSA) is 72.9 Å². The van der Waals surface area contributed by atoms with Crippen LogP contribution in [0.3, 0.4) is 0 Å². The Morgan fingerprint density at radius 1 is 0.833 bits per heavy atom. The lowest BCUT2D eigenvalue weighted by Gasteiger charge is -2.22. The van der Waals surface area contributed by atoms with Crippen molar-refractivity contribution in [1.82, 2.24) is 0 Å². The summed E-state index contributed by atoms with van der Waals surface area (Å²) >= 11 is 0. The summed E-state index contributed by atoms with van der Waals surface area (Å²) in [6.45, 7) is 0.284. The van der Waals surface area contributed by atoms with Crippen LogP contribution in [0.2, 0.25) is 0 Å². The lowest BCUT2D eigenvalue weighted by molar-refractivity contribution is -0.117. The van der Waals surface area contributed by atoms with Crippen molar-refractivity contribution in [3.05, 3.63) is 84.9 Å². The van der Waals surface area contributed by atoms with Crippen molar-refractivity contribution in [2.75, 3.05) is 18.0 Å². The number of anilines is 1. The first kappa shape index (κ1) is 21.4. The highest BCUT2D eigenvalue weighted by Crippen LogP contribution is 2.25. The van der Waals surface area contributed by atoms with Crippen LogP contribution in [0.4, 0.5) is 5.69 Å². The summed E-state index contributed by atoms with van der Waals surface area (Å²) in [5.41, 5.74) is 0.308. The monoisotopic (exact) mass is 425 g/mol. The van der Waals surface area contributed by atoms with Crippen LogP contribution in [0.5, 0.6) is 11.5 Å². The standard InChI is InChI=1S/C23H23NO5S/c1-28-20-14-16-21(17-15-20)29-18-8-13-23(25)24(19-9-4-2-5-10-19)30(26,27)22-11-6-3-7-12-22/h2-7,9-12,14-17H,8,13,18H2,1H3. The van der Waals surface area contributed by atoms with Gasteiger partial charge in [-0.1, -0.05) is 36.4 Å². The molecule has 0 aliphatic rings. The van der Waals surface area contributed by atoms with E-state index >= 15 is 0 Å². The number of nitrogens with zero attached hydrogens (tertiary/aromatic N) is 1. The fraction of sp³-hybridized carbons (Fsp3) is 0.174. The number of ether oxygens (including phenoxy) is 2. The van der Waals surface area contributed by atoms with Crippen molar-refractivity contribution >= 4 is 21.6 Å². The number of hydrogen-bond donors (Lipinski definition) is 0. The van der Waals surface area contributed by atoms with Gasteiger partial charge in [0.2, 0.25) is 5.91 Å². The molecule has 0 atom stereocenters. The van der Waals surface area contributed by atoms with Crippen LogP contribution in [-0.2, 0) is 14.8 Å². The summed E-state index contributed by atoms with van der Waals surface area (Å²) in [5, 5.41) is 0. The molecular formula is C23H23NO5S. The van der Waals surface area contributed by atoms with E-state index in [0.717, 1.165) is 10.1 Å². The minimum Gasteiger partial charge on any atom is -0.497 e. The van der Waals surface area contributed by atoms with Gasteiger partial charge in [-0.3, -0.25) is 4.79 Å². The average molecular weight is 426 g/mol. The van der Waals surface area contributed by atoms with Crippen molar-refractivity contribution in [2.24, 2.45) is 0 Å². The third-order valence-corrected chi connectivity index (χ3v) is 6.12. The molecule has 0 unspecified atom stereocenters. The van der Waals surface area contributed by atoms with E-state index in [2.05, 4.69) is 0 Å². The summed E-state index contributed by atoms with van der Waals surface area (Å²) in [7, 11) is -2.43. The second-order valence-corrected chi connectivity index (χ2v) is 8.23. The predicted molar refractivity (Wildman–Crippen MR) is 115 cm³/mol. The Morgan fingerprint density at radius 3 is 2.00 bits per heavy atom. The lowest BCUT2D eigenvalue weighted by Crippen LogP contribution is -2.37. The zero-order chi connectivity index (χ0) is 21.4. The molecule has 156 valence electrons. The van der Waals surface area contributed by atoms with Gasteiger partial charge >= 0.3 is 0 Å². The van der Waals surface area contributed by atoms with Gasteiger partial charge in [-0.25, -0.2) is 12.7 Å². The molecule has 0 radical (unpaired) electrons. The Bertz CT molecular complexity index is 1050. The highest BCUT2D eigenvalue weighted by Gasteiger charge is 2.30. The first-order valence-electron chi connectivity index (χ1n) is 9.47. The van der Waals surface area contributed by atoms with Crippen LogP contribution in [0.1, 0.15) is 12.8 Å². The number of methoxy groups -OCH3 is 1. The Balaban J connectivity index is 1.70. The normalized spacial score (nSPS) is 11.0. The Labute approximate surface area is 176 Å². The molecule has 6 nitrogen and oxygen atoms in total. The van der Waals surface area contributed by atoms with Crippen LogP contribution >= 0.6 is 0 Å². The number of carbonyl (C=O) groups excluding carboxylic acids is 1. The number of rotatable bonds is 9. The second-order valence-electron chi connectivity index (χ2n) is 6.44. The van der Waals surface area contributed by atoms with Gasteiger partial charge in [-0.15, -0.1) is 0 Å². The Kier molecular flexibility index (Phi) is 7.08. The molecule has 3 aromatic carbocycles. The molecule has 3 rings (SSSR count). The quantitative estimate of drug-likeness (QED) is 0.479. The van der Waals surface area contributed by atoms with E-state index in [9.17, 15) is 13.2 Å². The van der Waals surface area contributed by atoms with Gasteiger partial charge in [0.15, 0.2) is 0 Å². The van der Waals surface area contributed by atoms with Gasteiger partial charge in [0.1, 0.15) is 11.5 Å². The van der Waals surface area contributed by atoms with Crippen LogP contribution in [0.15, 0.2) is 89.8 Å². The largest absolute Gasteiger partial charge is 0.497 e. The van der Waals surface area contributed by atoms with Crippen LogP contribution in [-0.4, -0.2) is 28.0 Å². The average Bonchev–Trinajstić information content (AvgIpc) is 2.78. The Hall–Kier alpha value is -3.32. The third kappa shape index (κ3) is 5.18. The molecule has 0 heterocycles. The number of para-hydroxylation sites is 1. The molecule has 0 N–H and O–H groups in total. The van der Waals surface area contributed by atoms with Gasteiger partial charge in [0.25, 0.3) is 10.0 Å². The number of carbonyl (C=O) groups is 1. The minimum atomic E-state index is -4.02. The van der Waals surface area contributed by atoms with Gasteiger partial charge in [-0.2, -0.15) is 0 Å². The molecular weight excluding hydrogens is 402 g/mol. The van der Waals surface area contributed by atoms with E-state index in [4.69, 9.17) is 9.47 Å². The highest BCUT2D eigenvalue weighted by molar-refractivity contribution is 7.93. The van der Waals surface area contributed by atoms with E-state index in [-0.39, 0.29) is 17.9 Å². The van der Waals surface area contributed by atoms with Crippen molar-refractivity contribution in [2.45, 2.75) is 17.7 Å². The molecule has 3 aromatic rings. The van der Waals surface area contributed by atoms with Crippen molar-refractivity contribution in [3.8, 4) is 11.5 Å². The van der Waals surface area contributed by atoms with E-state index in [1.54, 1.807) is 79.9 Å². The molecule has 0 aliphatic carbocycles. The maximum absolute atomic E-state index is 13.2. The zero-order valence-corrected chi connectivity index (χ0v) is 17.4. The Morgan fingerprint density at radius 2 is 1.40 bits per heavy atom. The first-order valence-corrected chi connectivity index (χ1v) is 10.9. The summed E-state index contributed by atoms with van der Waals surface area (Å²) < 4.78 is 37.9. The van der Waals surface area contributed by atoms with E-state index in [1.165, 1.54) is 12.1 Å². The smallest absolute Gasteiger partial charge is 0.270 e. The van der Waals surface area contributed by atoms with Gasteiger partial charge in [0.05, 0.1) is 24.3 Å². The molecule has 7 heteroatoms. The zero-order valence-electron chi connectivity index (χ0n) is 16.6. The van der Waals surface area contributed by atoms with Gasteiger partial charge in [-0.05, 0) is 55.0 Å². The second kappa shape index (κ2) is 9.93. The van der Waals surface area contributed by atoms with Gasteiger partial charge < -0.3 is 9.47 Å². The number of sulfonamides is 1. The van der Waals surface area contributed by atoms with Crippen LogP contribution in [0, 0.1) is 0 Å². The van der Waals surface area contributed by atoms with E-state index in [0.29, 0.717) is 17.9 Å². The molecule has 0 saturated heterocycles. The molecule has 30 heavy (non-hydrogen) atoms. The maximum Gasteiger partial charge on any atom is 0.270 e. The molecule has 0 spiro atoms. The van der Waals surface area contributed by atoms with Gasteiger partial charge in [0, 0.05) is 6.42 Å². The van der Waals surface area contributed by atoms with E-state index < -0.39 is 15.9 Å². The van der Waals surface area contributed by atoms with Crippen molar-refractivity contribution < 1.29 is 22.7 Å². The van der Waals surface area contributed by atoms with Crippen LogP contribution in [0.25, 0.3) is 0 Å². The molecule has 0 fully saturated rings. The lowest BCUT2D eigenvalue weighted by atomic mass is 10.2. The predicted octanol–water partition coefficient (Wildman–Crippen LogP) is 4.28. The number of benzene rings is 3. The number of amides is 1. The first-order chi connectivity index (χ1) is 14.5. The van der Waals surface area contributed by atoms with E-state index in [1.807, 2.05) is 0 Å². The summed E-state index contributed by atoms with van der Waals surface area (Å²) in [6.07, 6.45) is 0.398. The van der Waals surface area contributed by atoms with Crippen molar-refractivity contribution in [1.29, 1.82) is 0 Å². The van der Waals surface area contributed by atoms with Crippen LogP contribution < -0.4 is 13.8 Å². The SMILES string of the molecule is COc1ccc(OCCCC(=O)N(c2ccccc2)S(=O)(=O)c2ccccc2)cc1. The minimum absolute atomic E-state index is 0.0249. The molecule has 0 saturated carbocycles. The summed E-state index contributed by atoms with van der Waals surface area (Å²) in [5.74, 6) is 0.866. The molecule has 0 aliphatic heterocycles.